The number of halogens is 2. The van der Waals surface area contributed by atoms with Crippen molar-refractivity contribution in [3.8, 4) is 16.9 Å². The Morgan fingerprint density at radius 3 is 2.62 bits per heavy atom. The number of para-hydroxylation sites is 1. The molecule has 1 aromatic heterocycles. The molecule has 32 heavy (non-hydrogen) atoms. The van der Waals surface area contributed by atoms with Crippen molar-refractivity contribution in [2.24, 2.45) is 5.73 Å². The number of rotatable bonds is 7. The Hall–Kier alpha value is -3.71. The molecule has 0 unspecified atom stereocenters. The second-order valence-corrected chi connectivity index (χ2v) is 7.26. The summed E-state index contributed by atoms with van der Waals surface area (Å²) in [7, 11) is 1.33. The van der Waals surface area contributed by atoms with E-state index in [2.05, 4.69) is 0 Å². The zero-order chi connectivity index (χ0) is 22.7. The van der Waals surface area contributed by atoms with Crippen molar-refractivity contribution in [1.82, 2.24) is 0 Å². The third-order valence-electron chi connectivity index (χ3n) is 5.16. The molecule has 0 aliphatic rings. The lowest BCUT2D eigenvalue weighted by atomic mass is 9.98. The van der Waals surface area contributed by atoms with Crippen LogP contribution >= 0.6 is 0 Å². The average Bonchev–Trinajstić information content (AvgIpc) is 3.28. The fourth-order valence-corrected chi connectivity index (χ4v) is 3.60. The highest BCUT2D eigenvalue weighted by Crippen LogP contribution is 2.34. The van der Waals surface area contributed by atoms with Gasteiger partial charge in [0.15, 0.2) is 0 Å². The second-order valence-electron chi connectivity index (χ2n) is 7.26. The van der Waals surface area contributed by atoms with Gasteiger partial charge in [-0.15, -0.1) is 0 Å². The van der Waals surface area contributed by atoms with Crippen LogP contribution in [-0.2, 0) is 29.1 Å². The van der Waals surface area contributed by atoms with E-state index in [0.29, 0.717) is 22.5 Å². The van der Waals surface area contributed by atoms with E-state index >= 15 is 0 Å². The van der Waals surface area contributed by atoms with Gasteiger partial charge in [0.25, 0.3) is 0 Å². The topological polar surface area (TPSA) is 74.7 Å². The van der Waals surface area contributed by atoms with Gasteiger partial charge in [0.05, 0.1) is 19.8 Å². The molecule has 2 N–H and O–H groups in total. The molecule has 4 aromatic rings. The summed E-state index contributed by atoms with van der Waals surface area (Å²) >= 11 is 0. The van der Waals surface area contributed by atoms with Gasteiger partial charge in [-0.05, 0) is 42.0 Å². The first kappa shape index (κ1) is 21.5. The van der Waals surface area contributed by atoms with Gasteiger partial charge in [-0.2, -0.15) is 0 Å². The van der Waals surface area contributed by atoms with Crippen molar-refractivity contribution in [1.29, 1.82) is 0 Å². The minimum Gasteiger partial charge on any atom is -0.489 e. The monoisotopic (exact) mass is 437 g/mol. The Balaban J connectivity index is 1.70. The second kappa shape index (κ2) is 9.20. The van der Waals surface area contributed by atoms with Crippen LogP contribution in [0.2, 0.25) is 0 Å². The fourth-order valence-electron chi connectivity index (χ4n) is 3.60. The molecule has 0 saturated carbocycles. The molecule has 1 heterocycles. The summed E-state index contributed by atoms with van der Waals surface area (Å²) in [5, 5.41) is 0.724. The minimum absolute atomic E-state index is 0.0679. The molecule has 0 fully saturated rings. The van der Waals surface area contributed by atoms with Crippen molar-refractivity contribution in [2.45, 2.75) is 19.6 Å². The predicted molar refractivity (Wildman–Crippen MR) is 116 cm³/mol. The average molecular weight is 437 g/mol. The van der Waals surface area contributed by atoms with Crippen LogP contribution in [0.25, 0.3) is 22.1 Å². The number of fused-ring (bicyclic) bond motifs is 1. The largest absolute Gasteiger partial charge is 0.489 e. The lowest BCUT2D eigenvalue weighted by Crippen LogP contribution is -2.07. The van der Waals surface area contributed by atoms with E-state index in [4.69, 9.17) is 19.6 Å². The van der Waals surface area contributed by atoms with Crippen molar-refractivity contribution in [3.63, 3.8) is 0 Å². The molecule has 0 atom stereocenters. The summed E-state index contributed by atoms with van der Waals surface area (Å²) in [6.07, 6.45) is 1.57. The molecule has 0 radical (unpaired) electrons. The first-order chi connectivity index (χ1) is 15.5. The molecule has 3 aromatic carbocycles. The highest BCUT2D eigenvalue weighted by atomic mass is 19.1. The molecular formula is C25H21F2NO4. The smallest absolute Gasteiger partial charge is 0.310 e. The van der Waals surface area contributed by atoms with Gasteiger partial charge in [-0.1, -0.05) is 18.2 Å². The molecule has 4 rings (SSSR count). The maximum atomic E-state index is 15.0. The molecule has 5 nitrogen and oxygen atoms in total. The van der Waals surface area contributed by atoms with Crippen LogP contribution in [0.3, 0.4) is 0 Å². The number of hydrogen-bond acceptors (Lipinski definition) is 5. The highest BCUT2D eigenvalue weighted by Gasteiger charge is 2.18. The third kappa shape index (κ3) is 4.33. The van der Waals surface area contributed by atoms with Crippen LogP contribution < -0.4 is 10.5 Å². The zero-order valence-corrected chi connectivity index (χ0v) is 17.4. The normalized spacial score (nSPS) is 11.0. The van der Waals surface area contributed by atoms with Crippen LogP contribution in [0.1, 0.15) is 16.7 Å². The van der Waals surface area contributed by atoms with Gasteiger partial charge in [-0.25, -0.2) is 8.78 Å². The quantitative estimate of drug-likeness (QED) is 0.406. The molecular weight excluding hydrogens is 416 g/mol. The van der Waals surface area contributed by atoms with Crippen LogP contribution in [0.4, 0.5) is 8.78 Å². The highest BCUT2D eigenvalue weighted by molar-refractivity contribution is 5.93. The summed E-state index contributed by atoms with van der Waals surface area (Å²) in [6, 6.07) is 14.7. The number of nitrogens with two attached hydrogens (primary N) is 1. The molecule has 0 amide bonds. The third-order valence-corrected chi connectivity index (χ3v) is 5.16. The summed E-state index contributed by atoms with van der Waals surface area (Å²) < 4.78 is 45.4. The molecule has 0 aliphatic carbocycles. The first-order valence-corrected chi connectivity index (χ1v) is 9.96. The lowest BCUT2D eigenvalue weighted by molar-refractivity contribution is -0.139. The van der Waals surface area contributed by atoms with Crippen molar-refractivity contribution >= 4 is 16.9 Å². The lowest BCUT2D eigenvalue weighted by Gasteiger charge is -2.13. The SMILES string of the molecule is COC(=O)Cc1ccccc1OCc1cc(-c2cc(F)cc(CN)c2F)c2occc2c1. The molecule has 0 saturated heterocycles. The van der Waals surface area contributed by atoms with E-state index in [1.807, 2.05) is 12.1 Å². The summed E-state index contributed by atoms with van der Waals surface area (Å²) in [4.78, 5) is 11.7. The van der Waals surface area contributed by atoms with Gasteiger partial charge >= 0.3 is 5.97 Å². The van der Waals surface area contributed by atoms with Crippen molar-refractivity contribution in [3.05, 3.63) is 89.2 Å². The van der Waals surface area contributed by atoms with Gasteiger partial charge in [0.1, 0.15) is 29.6 Å². The number of hydrogen-bond donors (Lipinski definition) is 1. The number of furan rings is 1. The molecule has 0 spiro atoms. The summed E-state index contributed by atoms with van der Waals surface area (Å²) in [6.45, 7) is 0.0185. The first-order valence-electron chi connectivity index (χ1n) is 9.96. The number of esters is 1. The molecule has 164 valence electrons. The van der Waals surface area contributed by atoms with Gasteiger partial charge < -0.3 is 19.6 Å². The van der Waals surface area contributed by atoms with Gasteiger partial charge in [0.2, 0.25) is 0 Å². The van der Waals surface area contributed by atoms with Gasteiger partial charge in [0, 0.05) is 34.2 Å². The standard InChI is InChI=1S/C25H21F2NO4/c1-30-23(29)11-16-4-2-3-5-22(16)32-14-15-8-17-6-7-31-25(17)21(9-15)20-12-19(26)10-18(13-28)24(20)27/h2-10,12H,11,13-14,28H2,1H3. The Kier molecular flexibility index (Phi) is 6.18. The molecule has 0 aliphatic heterocycles. The Labute approximate surface area is 183 Å². The fraction of sp³-hybridized carbons (Fsp3) is 0.160. The van der Waals surface area contributed by atoms with Crippen LogP contribution in [0.5, 0.6) is 5.75 Å². The van der Waals surface area contributed by atoms with Crippen LogP contribution in [-0.4, -0.2) is 13.1 Å². The molecule has 0 bridgehead atoms. The number of ether oxygens (including phenoxy) is 2. The Morgan fingerprint density at radius 1 is 1.03 bits per heavy atom. The minimum atomic E-state index is -0.590. The van der Waals surface area contributed by atoms with Crippen molar-refractivity contribution < 1.29 is 27.5 Å². The number of benzene rings is 3. The Morgan fingerprint density at radius 2 is 1.84 bits per heavy atom. The Bertz CT molecular complexity index is 1280. The number of carbonyl (C=O) groups is 1. The van der Waals surface area contributed by atoms with E-state index in [1.165, 1.54) is 13.4 Å². The maximum absolute atomic E-state index is 15.0. The van der Waals surface area contributed by atoms with E-state index in [1.54, 1.807) is 30.3 Å². The van der Waals surface area contributed by atoms with E-state index < -0.39 is 11.6 Å². The predicted octanol–water partition coefficient (Wildman–Crippen LogP) is 5.13. The van der Waals surface area contributed by atoms with E-state index in [-0.39, 0.29) is 36.7 Å². The summed E-state index contributed by atoms with van der Waals surface area (Å²) in [5.41, 5.74) is 7.98. The van der Waals surface area contributed by atoms with Crippen molar-refractivity contribution in [2.75, 3.05) is 7.11 Å². The maximum Gasteiger partial charge on any atom is 0.310 e. The van der Waals surface area contributed by atoms with Gasteiger partial charge in [-0.3, -0.25) is 4.79 Å². The number of methoxy groups -OCH3 is 1. The van der Waals surface area contributed by atoms with Crippen LogP contribution in [0, 0.1) is 11.6 Å². The van der Waals surface area contributed by atoms with E-state index in [0.717, 1.165) is 23.1 Å². The molecule has 7 heteroatoms. The summed E-state index contributed by atoms with van der Waals surface area (Å²) in [5.74, 6) is -1.01. The number of carbonyl (C=O) groups excluding carboxylic acids is 1. The van der Waals surface area contributed by atoms with Crippen LogP contribution in [0.15, 0.2) is 65.3 Å². The zero-order valence-electron chi connectivity index (χ0n) is 17.4. The van der Waals surface area contributed by atoms with E-state index in [9.17, 15) is 13.6 Å².